The standard InChI is InChI=1S/C17H23N3O/c1-2-4-15(5-3-1)14-21-11-10-20-13-17(12-19-20)16-6-8-18-9-7-16/h1-5,12-13,16,18H,6-11,14H2. The van der Waals surface area contributed by atoms with Crippen LogP contribution in [0.4, 0.5) is 0 Å². The summed E-state index contributed by atoms with van der Waals surface area (Å²) in [5, 5.41) is 7.85. The van der Waals surface area contributed by atoms with Crippen molar-refractivity contribution in [1.82, 2.24) is 15.1 Å². The quantitative estimate of drug-likeness (QED) is 0.829. The summed E-state index contributed by atoms with van der Waals surface area (Å²) in [7, 11) is 0. The molecule has 1 N–H and O–H groups in total. The molecule has 1 fully saturated rings. The molecule has 4 heteroatoms. The maximum absolute atomic E-state index is 5.71. The van der Waals surface area contributed by atoms with Crippen molar-refractivity contribution in [3.05, 3.63) is 53.9 Å². The molecule has 0 saturated carbocycles. The maximum Gasteiger partial charge on any atom is 0.0717 e. The lowest BCUT2D eigenvalue weighted by Gasteiger charge is -2.21. The molecule has 1 aromatic carbocycles. The predicted octanol–water partition coefficient (Wildman–Crippen LogP) is 2.57. The van der Waals surface area contributed by atoms with E-state index in [0.29, 0.717) is 19.1 Å². The molecule has 1 aromatic heterocycles. The van der Waals surface area contributed by atoms with Gasteiger partial charge >= 0.3 is 0 Å². The Labute approximate surface area is 126 Å². The van der Waals surface area contributed by atoms with Crippen LogP contribution >= 0.6 is 0 Å². The molecule has 1 aliphatic heterocycles. The molecule has 2 aromatic rings. The van der Waals surface area contributed by atoms with Crippen molar-refractivity contribution >= 4 is 0 Å². The van der Waals surface area contributed by atoms with Gasteiger partial charge in [-0.15, -0.1) is 0 Å². The largest absolute Gasteiger partial charge is 0.375 e. The van der Waals surface area contributed by atoms with E-state index < -0.39 is 0 Å². The summed E-state index contributed by atoms with van der Waals surface area (Å²) in [4.78, 5) is 0. The van der Waals surface area contributed by atoms with Gasteiger partial charge < -0.3 is 10.1 Å². The fourth-order valence-electron chi connectivity index (χ4n) is 2.79. The van der Waals surface area contributed by atoms with Gasteiger partial charge in [0.25, 0.3) is 0 Å². The Morgan fingerprint density at radius 2 is 2.00 bits per heavy atom. The molecule has 0 unspecified atom stereocenters. The van der Waals surface area contributed by atoms with E-state index in [9.17, 15) is 0 Å². The summed E-state index contributed by atoms with van der Waals surface area (Å²) in [5.74, 6) is 0.672. The Bertz CT molecular complexity index is 532. The molecule has 112 valence electrons. The van der Waals surface area contributed by atoms with Crippen molar-refractivity contribution in [1.29, 1.82) is 0 Å². The van der Waals surface area contributed by atoms with E-state index in [1.165, 1.54) is 24.0 Å². The molecule has 0 radical (unpaired) electrons. The Morgan fingerprint density at radius 3 is 2.81 bits per heavy atom. The second kappa shape index (κ2) is 7.38. The Kier molecular flexibility index (Phi) is 5.03. The second-order valence-corrected chi connectivity index (χ2v) is 5.60. The normalized spacial score (nSPS) is 16.2. The number of benzene rings is 1. The summed E-state index contributed by atoms with van der Waals surface area (Å²) in [5.41, 5.74) is 2.59. The van der Waals surface area contributed by atoms with Crippen LogP contribution in [-0.2, 0) is 17.9 Å². The van der Waals surface area contributed by atoms with Crippen molar-refractivity contribution in [2.45, 2.75) is 31.9 Å². The van der Waals surface area contributed by atoms with Crippen molar-refractivity contribution < 1.29 is 4.74 Å². The highest BCUT2D eigenvalue weighted by atomic mass is 16.5. The Hall–Kier alpha value is -1.65. The molecule has 0 atom stereocenters. The monoisotopic (exact) mass is 285 g/mol. The zero-order valence-electron chi connectivity index (χ0n) is 12.4. The highest BCUT2D eigenvalue weighted by molar-refractivity contribution is 5.13. The van der Waals surface area contributed by atoms with Crippen molar-refractivity contribution in [2.24, 2.45) is 0 Å². The molecule has 3 rings (SSSR count). The number of rotatable bonds is 6. The van der Waals surface area contributed by atoms with Gasteiger partial charge in [-0.2, -0.15) is 5.10 Å². The summed E-state index contributed by atoms with van der Waals surface area (Å²) < 4.78 is 7.71. The van der Waals surface area contributed by atoms with Gasteiger partial charge in [-0.05, 0) is 43.0 Å². The lowest BCUT2D eigenvalue weighted by molar-refractivity contribution is 0.111. The summed E-state index contributed by atoms with van der Waals surface area (Å²) in [6.07, 6.45) is 6.64. The van der Waals surface area contributed by atoms with E-state index in [2.05, 4.69) is 28.7 Å². The molecule has 0 spiro atoms. The molecular formula is C17H23N3O. The third kappa shape index (κ3) is 4.16. The van der Waals surface area contributed by atoms with Crippen LogP contribution in [0.5, 0.6) is 0 Å². The van der Waals surface area contributed by atoms with Gasteiger partial charge in [0.1, 0.15) is 0 Å². The van der Waals surface area contributed by atoms with Gasteiger partial charge in [-0.25, -0.2) is 0 Å². The Morgan fingerprint density at radius 1 is 1.19 bits per heavy atom. The van der Waals surface area contributed by atoms with Crippen LogP contribution in [-0.4, -0.2) is 29.5 Å². The van der Waals surface area contributed by atoms with Crippen LogP contribution in [0.3, 0.4) is 0 Å². The average molecular weight is 285 g/mol. The molecule has 1 saturated heterocycles. The predicted molar refractivity (Wildman–Crippen MR) is 83.2 cm³/mol. The number of aromatic nitrogens is 2. The van der Waals surface area contributed by atoms with Crippen molar-refractivity contribution in [3.63, 3.8) is 0 Å². The highest BCUT2D eigenvalue weighted by Crippen LogP contribution is 2.24. The molecule has 0 aliphatic carbocycles. The van der Waals surface area contributed by atoms with Crippen LogP contribution in [0.15, 0.2) is 42.7 Å². The highest BCUT2D eigenvalue weighted by Gasteiger charge is 2.16. The fraction of sp³-hybridized carbons (Fsp3) is 0.471. The van der Waals surface area contributed by atoms with E-state index in [1.54, 1.807) is 0 Å². The first-order chi connectivity index (χ1) is 10.4. The fourth-order valence-corrected chi connectivity index (χ4v) is 2.79. The van der Waals surface area contributed by atoms with E-state index in [0.717, 1.165) is 19.6 Å². The topological polar surface area (TPSA) is 39.1 Å². The summed E-state index contributed by atoms with van der Waals surface area (Å²) in [6, 6.07) is 10.3. The molecular weight excluding hydrogens is 262 g/mol. The summed E-state index contributed by atoms with van der Waals surface area (Å²) >= 11 is 0. The lowest BCUT2D eigenvalue weighted by Crippen LogP contribution is -2.26. The number of nitrogens with zero attached hydrogens (tertiary/aromatic N) is 2. The minimum absolute atomic E-state index is 0.670. The van der Waals surface area contributed by atoms with Crippen LogP contribution < -0.4 is 5.32 Å². The minimum Gasteiger partial charge on any atom is -0.375 e. The zero-order chi connectivity index (χ0) is 14.3. The van der Waals surface area contributed by atoms with Crippen LogP contribution in [0.2, 0.25) is 0 Å². The lowest BCUT2D eigenvalue weighted by atomic mass is 9.93. The van der Waals surface area contributed by atoms with E-state index in [1.807, 2.05) is 29.1 Å². The number of nitrogens with one attached hydrogen (secondary N) is 1. The van der Waals surface area contributed by atoms with E-state index >= 15 is 0 Å². The first-order valence-corrected chi connectivity index (χ1v) is 7.76. The number of piperidine rings is 1. The average Bonchev–Trinajstić information content (AvgIpc) is 3.02. The molecule has 2 heterocycles. The molecule has 1 aliphatic rings. The van der Waals surface area contributed by atoms with Crippen LogP contribution in [0.1, 0.15) is 29.9 Å². The smallest absolute Gasteiger partial charge is 0.0717 e. The van der Waals surface area contributed by atoms with Gasteiger partial charge in [-0.1, -0.05) is 30.3 Å². The van der Waals surface area contributed by atoms with Gasteiger partial charge in [0.05, 0.1) is 26.0 Å². The maximum atomic E-state index is 5.71. The van der Waals surface area contributed by atoms with E-state index in [4.69, 9.17) is 4.74 Å². The van der Waals surface area contributed by atoms with Gasteiger partial charge in [0.15, 0.2) is 0 Å². The van der Waals surface area contributed by atoms with Crippen LogP contribution in [0.25, 0.3) is 0 Å². The number of ether oxygens (including phenoxy) is 1. The molecule has 21 heavy (non-hydrogen) atoms. The first-order valence-electron chi connectivity index (χ1n) is 7.76. The van der Waals surface area contributed by atoms with Crippen molar-refractivity contribution in [3.8, 4) is 0 Å². The minimum atomic E-state index is 0.670. The zero-order valence-corrected chi connectivity index (χ0v) is 12.4. The van der Waals surface area contributed by atoms with Crippen molar-refractivity contribution in [2.75, 3.05) is 19.7 Å². The molecule has 0 amide bonds. The number of hydrogen-bond donors (Lipinski definition) is 1. The van der Waals surface area contributed by atoms with Gasteiger partial charge in [-0.3, -0.25) is 4.68 Å². The third-order valence-corrected chi connectivity index (χ3v) is 4.04. The molecule has 0 bridgehead atoms. The first kappa shape index (κ1) is 14.3. The second-order valence-electron chi connectivity index (χ2n) is 5.60. The van der Waals surface area contributed by atoms with Crippen LogP contribution in [0, 0.1) is 0 Å². The van der Waals surface area contributed by atoms with E-state index in [-0.39, 0.29) is 0 Å². The Balaban J connectivity index is 1.42. The van der Waals surface area contributed by atoms with Gasteiger partial charge in [0.2, 0.25) is 0 Å². The SMILES string of the molecule is c1ccc(COCCn2cc(C3CCNCC3)cn2)cc1. The third-order valence-electron chi connectivity index (χ3n) is 4.04. The molecule has 4 nitrogen and oxygen atoms in total. The van der Waals surface area contributed by atoms with Gasteiger partial charge in [0, 0.05) is 6.20 Å². The number of hydrogen-bond acceptors (Lipinski definition) is 3. The summed E-state index contributed by atoms with van der Waals surface area (Å²) in [6.45, 7) is 4.43.